The average molecular weight is 125 g/mol. The third kappa shape index (κ3) is 1.39. The van der Waals surface area contributed by atoms with Crippen LogP contribution in [-0.2, 0) is 4.79 Å². The van der Waals surface area contributed by atoms with Crippen LogP contribution in [0.5, 0.6) is 0 Å². The molecule has 9 heavy (non-hydrogen) atoms. The SMILES string of the molecule is C=CC(=O)[C@H]1CCCN1. The summed E-state index contributed by atoms with van der Waals surface area (Å²) in [5, 5.41) is 3.09. The Kier molecular flexibility index (Phi) is 2.01. The highest BCUT2D eigenvalue weighted by molar-refractivity contribution is 5.93. The molecule has 1 N–H and O–H groups in total. The summed E-state index contributed by atoms with van der Waals surface area (Å²) >= 11 is 0. The molecular formula is C7H11NO. The van der Waals surface area contributed by atoms with Crippen LogP contribution in [0, 0.1) is 0 Å². The van der Waals surface area contributed by atoms with Crippen molar-refractivity contribution in [3.05, 3.63) is 12.7 Å². The second-order valence-electron chi connectivity index (χ2n) is 2.26. The summed E-state index contributed by atoms with van der Waals surface area (Å²) in [4.78, 5) is 10.8. The van der Waals surface area contributed by atoms with E-state index >= 15 is 0 Å². The van der Waals surface area contributed by atoms with Crippen LogP contribution in [0.15, 0.2) is 12.7 Å². The number of hydrogen-bond donors (Lipinski definition) is 1. The van der Waals surface area contributed by atoms with E-state index in [9.17, 15) is 4.79 Å². The largest absolute Gasteiger partial charge is 0.307 e. The summed E-state index contributed by atoms with van der Waals surface area (Å²) in [6.07, 6.45) is 3.48. The highest BCUT2D eigenvalue weighted by atomic mass is 16.1. The molecule has 50 valence electrons. The quantitative estimate of drug-likeness (QED) is 0.544. The van der Waals surface area contributed by atoms with Crippen molar-refractivity contribution in [2.45, 2.75) is 18.9 Å². The predicted molar refractivity (Wildman–Crippen MR) is 36.2 cm³/mol. The van der Waals surface area contributed by atoms with Crippen molar-refractivity contribution in [3.63, 3.8) is 0 Å². The summed E-state index contributed by atoms with van der Waals surface area (Å²) in [5.74, 6) is 0.132. The smallest absolute Gasteiger partial charge is 0.171 e. The van der Waals surface area contributed by atoms with Gasteiger partial charge in [-0.2, -0.15) is 0 Å². The first-order chi connectivity index (χ1) is 4.34. The second-order valence-corrected chi connectivity index (χ2v) is 2.26. The molecule has 0 radical (unpaired) electrons. The zero-order valence-corrected chi connectivity index (χ0v) is 5.39. The van der Waals surface area contributed by atoms with Gasteiger partial charge in [-0.15, -0.1) is 0 Å². The highest BCUT2D eigenvalue weighted by Crippen LogP contribution is 2.05. The molecule has 0 saturated carbocycles. The van der Waals surface area contributed by atoms with Crippen molar-refractivity contribution in [2.75, 3.05) is 6.54 Å². The molecule has 0 spiro atoms. The molecular weight excluding hydrogens is 114 g/mol. The van der Waals surface area contributed by atoms with Crippen molar-refractivity contribution < 1.29 is 4.79 Å². The number of rotatable bonds is 2. The number of hydrogen-bond acceptors (Lipinski definition) is 2. The van der Waals surface area contributed by atoms with E-state index in [-0.39, 0.29) is 11.8 Å². The molecule has 1 aliphatic rings. The maximum Gasteiger partial charge on any atom is 0.171 e. The van der Waals surface area contributed by atoms with Gasteiger partial charge in [-0.1, -0.05) is 6.58 Å². The van der Waals surface area contributed by atoms with E-state index in [2.05, 4.69) is 11.9 Å². The molecule has 1 heterocycles. The molecule has 1 aliphatic heterocycles. The topological polar surface area (TPSA) is 29.1 Å². The summed E-state index contributed by atoms with van der Waals surface area (Å²) < 4.78 is 0. The molecule has 0 amide bonds. The fraction of sp³-hybridized carbons (Fsp3) is 0.571. The standard InChI is InChI=1S/C7H11NO/c1-2-7(9)6-4-3-5-8-6/h2,6,8H,1,3-5H2/t6-/m1/s1. The zero-order chi connectivity index (χ0) is 6.69. The van der Waals surface area contributed by atoms with Gasteiger partial charge in [-0.3, -0.25) is 4.79 Å². The van der Waals surface area contributed by atoms with Crippen LogP contribution in [-0.4, -0.2) is 18.4 Å². The molecule has 0 aliphatic carbocycles. The zero-order valence-electron chi connectivity index (χ0n) is 5.39. The predicted octanol–water partition coefficient (Wildman–Crippen LogP) is 0.493. The normalized spacial score (nSPS) is 26.0. The van der Waals surface area contributed by atoms with E-state index in [0.29, 0.717) is 0 Å². The first-order valence-corrected chi connectivity index (χ1v) is 3.24. The number of ketones is 1. The Labute approximate surface area is 54.9 Å². The van der Waals surface area contributed by atoms with Crippen LogP contribution in [0.3, 0.4) is 0 Å². The minimum absolute atomic E-state index is 0.0718. The molecule has 1 fully saturated rings. The average Bonchev–Trinajstić information content (AvgIpc) is 2.37. The molecule has 2 nitrogen and oxygen atoms in total. The maximum absolute atomic E-state index is 10.8. The molecule has 0 unspecified atom stereocenters. The minimum atomic E-state index is 0.0718. The first-order valence-electron chi connectivity index (χ1n) is 3.24. The Morgan fingerprint density at radius 1 is 1.78 bits per heavy atom. The van der Waals surface area contributed by atoms with Gasteiger partial charge in [-0.25, -0.2) is 0 Å². The van der Waals surface area contributed by atoms with Crippen molar-refractivity contribution >= 4 is 5.78 Å². The lowest BCUT2D eigenvalue weighted by molar-refractivity contribution is -0.116. The van der Waals surface area contributed by atoms with Crippen molar-refractivity contribution in [3.8, 4) is 0 Å². The first kappa shape index (κ1) is 6.49. The van der Waals surface area contributed by atoms with Gasteiger partial charge in [0.25, 0.3) is 0 Å². The Morgan fingerprint density at radius 3 is 3.00 bits per heavy atom. The van der Waals surface area contributed by atoms with E-state index in [1.165, 1.54) is 6.08 Å². The Bertz CT molecular complexity index is 125. The third-order valence-corrected chi connectivity index (χ3v) is 1.60. The summed E-state index contributed by atoms with van der Waals surface area (Å²) in [7, 11) is 0. The summed E-state index contributed by atoms with van der Waals surface area (Å²) in [5.41, 5.74) is 0. The van der Waals surface area contributed by atoms with E-state index < -0.39 is 0 Å². The molecule has 0 aromatic rings. The van der Waals surface area contributed by atoms with Crippen LogP contribution in [0.25, 0.3) is 0 Å². The van der Waals surface area contributed by atoms with Crippen LogP contribution in [0.2, 0.25) is 0 Å². The van der Waals surface area contributed by atoms with Gasteiger partial charge in [0.1, 0.15) is 0 Å². The molecule has 1 rings (SSSR count). The van der Waals surface area contributed by atoms with Crippen LogP contribution in [0.1, 0.15) is 12.8 Å². The van der Waals surface area contributed by atoms with Gasteiger partial charge in [0.15, 0.2) is 5.78 Å². The van der Waals surface area contributed by atoms with Gasteiger partial charge in [-0.05, 0) is 25.5 Å². The van der Waals surface area contributed by atoms with E-state index in [0.717, 1.165) is 19.4 Å². The van der Waals surface area contributed by atoms with Crippen LogP contribution >= 0.6 is 0 Å². The molecule has 2 heteroatoms. The molecule has 0 aromatic carbocycles. The fourth-order valence-corrected chi connectivity index (χ4v) is 1.07. The van der Waals surface area contributed by atoms with E-state index in [1.807, 2.05) is 0 Å². The van der Waals surface area contributed by atoms with Crippen molar-refractivity contribution in [1.82, 2.24) is 5.32 Å². The molecule has 1 saturated heterocycles. The van der Waals surface area contributed by atoms with Crippen LogP contribution in [0.4, 0.5) is 0 Å². The third-order valence-electron chi connectivity index (χ3n) is 1.60. The lowest BCUT2D eigenvalue weighted by atomic mass is 10.1. The monoisotopic (exact) mass is 125 g/mol. The second kappa shape index (κ2) is 2.78. The molecule has 0 bridgehead atoms. The van der Waals surface area contributed by atoms with Gasteiger partial charge < -0.3 is 5.32 Å². The van der Waals surface area contributed by atoms with Gasteiger partial charge >= 0.3 is 0 Å². The number of carbonyl (C=O) groups is 1. The Morgan fingerprint density at radius 2 is 2.56 bits per heavy atom. The lowest BCUT2D eigenvalue weighted by Gasteiger charge is -2.02. The van der Waals surface area contributed by atoms with Crippen LogP contribution < -0.4 is 5.32 Å². The maximum atomic E-state index is 10.8. The fourth-order valence-electron chi connectivity index (χ4n) is 1.07. The Hall–Kier alpha value is -0.630. The van der Waals surface area contributed by atoms with Crippen molar-refractivity contribution in [2.24, 2.45) is 0 Å². The van der Waals surface area contributed by atoms with Gasteiger partial charge in [0.2, 0.25) is 0 Å². The summed E-state index contributed by atoms with van der Waals surface area (Å²) in [6.45, 7) is 4.39. The molecule has 0 aromatic heterocycles. The Balaban J connectivity index is 2.41. The lowest BCUT2D eigenvalue weighted by Crippen LogP contribution is -2.28. The molecule has 1 atom stereocenters. The summed E-state index contributed by atoms with van der Waals surface area (Å²) in [6, 6.07) is 0.0718. The number of carbonyl (C=O) groups excluding carboxylic acids is 1. The van der Waals surface area contributed by atoms with E-state index in [4.69, 9.17) is 0 Å². The highest BCUT2D eigenvalue weighted by Gasteiger charge is 2.18. The van der Waals surface area contributed by atoms with Gasteiger partial charge in [0, 0.05) is 0 Å². The van der Waals surface area contributed by atoms with Crippen molar-refractivity contribution in [1.29, 1.82) is 0 Å². The minimum Gasteiger partial charge on any atom is -0.307 e. The van der Waals surface area contributed by atoms with E-state index in [1.54, 1.807) is 0 Å². The van der Waals surface area contributed by atoms with Gasteiger partial charge in [0.05, 0.1) is 6.04 Å². The number of nitrogens with one attached hydrogen (secondary N) is 1.